The third-order valence-corrected chi connectivity index (χ3v) is 2.16. The van der Waals surface area contributed by atoms with Crippen molar-refractivity contribution in [2.24, 2.45) is 0 Å². The van der Waals surface area contributed by atoms with Gasteiger partial charge in [-0.2, -0.15) is 0 Å². The summed E-state index contributed by atoms with van der Waals surface area (Å²) in [7, 11) is 0. The lowest BCUT2D eigenvalue weighted by Crippen LogP contribution is -2.11. The van der Waals surface area contributed by atoms with E-state index < -0.39 is 5.97 Å². The number of carbonyl (C=O) groups excluding carboxylic acids is 1. The number of hydrogen-bond acceptors (Lipinski definition) is 3. The van der Waals surface area contributed by atoms with Crippen LogP contribution < -0.4 is 4.74 Å². The summed E-state index contributed by atoms with van der Waals surface area (Å²) in [6.07, 6.45) is 0. The van der Waals surface area contributed by atoms with Gasteiger partial charge in [-0.1, -0.05) is 23.2 Å². The summed E-state index contributed by atoms with van der Waals surface area (Å²) in [5, 5.41) is 0.789. The lowest BCUT2D eigenvalue weighted by atomic mass is 10.3. The molecule has 0 radical (unpaired) electrons. The number of halogens is 2. The highest BCUT2D eigenvalue weighted by molar-refractivity contribution is 6.35. The van der Waals surface area contributed by atoms with Crippen LogP contribution >= 0.6 is 23.2 Å². The molecule has 0 amide bonds. The average Bonchev–Trinajstić information content (AvgIpc) is 2.22. The Morgan fingerprint density at radius 3 is 2.69 bits per heavy atom. The van der Waals surface area contributed by atoms with Gasteiger partial charge in [0.05, 0.1) is 11.6 Å². The van der Waals surface area contributed by atoms with E-state index in [9.17, 15) is 4.79 Å². The second kappa shape index (κ2) is 5.77. The average molecular weight is 261 g/mol. The Kier molecular flexibility index (Phi) is 4.65. The van der Waals surface area contributed by atoms with Crippen molar-refractivity contribution in [3.05, 3.63) is 40.6 Å². The Morgan fingerprint density at radius 1 is 1.44 bits per heavy atom. The van der Waals surface area contributed by atoms with E-state index in [0.717, 1.165) is 0 Å². The fourth-order valence-electron chi connectivity index (χ4n) is 0.944. The molecule has 16 heavy (non-hydrogen) atoms. The number of benzene rings is 1. The molecule has 0 aliphatic rings. The second-order valence-corrected chi connectivity index (χ2v) is 3.66. The van der Waals surface area contributed by atoms with Crippen LogP contribution in [0.4, 0.5) is 0 Å². The highest BCUT2D eigenvalue weighted by Crippen LogP contribution is 2.28. The molecule has 0 aliphatic carbocycles. The standard InChI is InChI=1S/C11H10Cl2O3/c1-3-15-11(14)7(2)16-10-5-4-8(12)6-9(10)13/h4-6H,2-3H2,1H3. The predicted octanol–water partition coefficient (Wildman–Crippen LogP) is 3.45. The van der Waals surface area contributed by atoms with Crippen LogP contribution in [-0.4, -0.2) is 12.6 Å². The molecule has 0 saturated carbocycles. The minimum Gasteiger partial charge on any atom is -0.460 e. The topological polar surface area (TPSA) is 35.5 Å². The van der Waals surface area contributed by atoms with Crippen molar-refractivity contribution < 1.29 is 14.3 Å². The summed E-state index contributed by atoms with van der Waals surface area (Å²) in [5.41, 5.74) is 0. The second-order valence-electron chi connectivity index (χ2n) is 2.82. The molecule has 1 rings (SSSR count). The number of esters is 1. The molecular weight excluding hydrogens is 251 g/mol. The Labute approximate surface area is 104 Å². The van der Waals surface area contributed by atoms with Gasteiger partial charge in [0.15, 0.2) is 0 Å². The predicted molar refractivity (Wildman–Crippen MR) is 62.9 cm³/mol. The third kappa shape index (κ3) is 3.43. The van der Waals surface area contributed by atoms with Crippen LogP contribution in [0.25, 0.3) is 0 Å². The number of rotatable bonds is 4. The maximum Gasteiger partial charge on any atom is 0.373 e. The molecule has 0 aliphatic heterocycles. The normalized spacial score (nSPS) is 9.69. The lowest BCUT2D eigenvalue weighted by Gasteiger charge is -2.09. The van der Waals surface area contributed by atoms with Gasteiger partial charge < -0.3 is 9.47 Å². The zero-order valence-corrected chi connectivity index (χ0v) is 10.1. The largest absolute Gasteiger partial charge is 0.460 e. The molecule has 0 fully saturated rings. The summed E-state index contributed by atoms with van der Waals surface area (Å²) >= 11 is 11.6. The van der Waals surface area contributed by atoms with Crippen molar-refractivity contribution in [1.82, 2.24) is 0 Å². The van der Waals surface area contributed by atoms with Crippen molar-refractivity contribution in [2.45, 2.75) is 6.92 Å². The van der Waals surface area contributed by atoms with Crippen molar-refractivity contribution in [3.63, 3.8) is 0 Å². The van der Waals surface area contributed by atoms with Gasteiger partial charge in [0.1, 0.15) is 5.75 Å². The van der Waals surface area contributed by atoms with Gasteiger partial charge in [-0.3, -0.25) is 0 Å². The first-order chi connectivity index (χ1) is 7.54. The van der Waals surface area contributed by atoms with Gasteiger partial charge in [0.2, 0.25) is 5.76 Å². The molecule has 0 aromatic heterocycles. The van der Waals surface area contributed by atoms with E-state index in [-0.39, 0.29) is 12.4 Å². The first kappa shape index (κ1) is 12.9. The minimum atomic E-state index is -0.617. The Morgan fingerprint density at radius 2 is 2.12 bits per heavy atom. The molecule has 86 valence electrons. The van der Waals surface area contributed by atoms with Gasteiger partial charge >= 0.3 is 5.97 Å². The van der Waals surface area contributed by atoms with Crippen molar-refractivity contribution in [2.75, 3.05) is 6.61 Å². The van der Waals surface area contributed by atoms with Gasteiger partial charge in [-0.05, 0) is 31.7 Å². The molecule has 0 saturated heterocycles. The minimum absolute atomic E-state index is 0.119. The van der Waals surface area contributed by atoms with E-state index in [1.54, 1.807) is 19.1 Å². The van der Waals surface area contributed by atoms with Crippen LogP contribution in [0, 0.1) is 0 Å². The molecule has 5 heteroatoms. The SMILES string of the molecule is C=C(Oc1ccc(Cl)cc1Cl)C(=O)OCC. The molecule has 1 aromatic rings. The first-order valence-corrected chi connectivity index (χ1v) is 5.29. The van der Waals surface area contributed by atoms with Gasteiger partial charge in [0.25, 0.3) is 0 Å². The third-order valence-electron chi connectivity index (χ3n) is 1.63. The highest BCUT2D eigenvalue weighted by Gasteiger charge is 2.12. The van der Waals surface area contributed by atoms with E-state index in [1.165, 1.54) is 6.07 Å². The van der Waals surface area contributed by atoms with Crippen molar-refractivity contribution in [3.8, 4) is 5.75 Å². The van der Waals surface area contributed by atoms with Gasteiger partial charge in [-0.15, -0.1) is 0 Å². The first-order valence-electron chi connectivity index (χ1n) is 4.53. The molecule has 0 bridgehead atoms. The Hall–Kier alpha value is -1.19. The van der Waals surface area contributed by atoms with E-state index in [4.69, 9.17) is 32.7 Å². The summed E-state index contributed by atoms with van der Waals surface area (Å²) < 4.78 is 9.86. The maximum atomic E-state index is 11.2. The number of hydrogen-bond donors (Lipinski definition) is 0. The van der Waals surface area contributed by atoms with Crippen molar-refractivity contribution in [1.29, 1.82) is 0 Å². The smallest absolute Gasteiger partial charge is 0.373 e. The highest BCUT2D eigenvalue weighted by atomic mass is 35.5. The fraction of sp³-hybridized carbons (Fsp3) is 0.182. The summed E-state index contributed by atoms with van der Waals surface area (Å²) in [4.78, 5) is 11.2. The Balaban J connectivity index is 2.73. The van der Waals surface area contributed by atoms with Crippen LogP contribution in [0.1, 0.15) is 6.92 Å². The van der Waals surface area contributed by atoms with Crippen LogP contribution in [-0.2, 0) is 9.53 Å². The monoisotopic (exact) mass is 260 g/mol. The molecule has 0 spiro atoms. The van der Waals surface area contributed by atoms with Crippen LogP contribution in [0.3, 0.4) is 0 Å². The zero-order valence-electron chi connectivity index (χ0n) is 8.63. The molecule has 3 nitrogen and oxygen atoms in total. The maximum absolute atomic E-state index is 11.2. The van der Waals surface area contributed by atoms with Crippen LogP contribution in [0.2, 0.25) is 10.0 Å². The summed E-state index contributed by atoms with van der Waals surface area (Å²) in [5.74, 6) is -0.427. The molecular formula is C11H10Cl2O3. The van der Waals surface area contributed by atoms with Gasteiger partial charge in [0, 0.05) is 5.02 Å². The quantitative estimate of drug-likeness (QED) is 0.473. The number of carbonyl (C=O) groups is 1. The fourth-order valence-corrected chi connectivity index (χ4v) is 1.39. The van der Waals surface area contributed by atoms with Gasteiger partial charge in [-0.25, -0.2) is 4.79 Å². The van der Waals surface area contributed by atoms with E-state index in [0.29, 0.717) is 15.8 Å². The zero-order chi connectivity index (χ0) is 12.1. The van der Waals surface area contributed by atoms with Crippen LogP contribution in [0.15, 0.2) is 30.5 Å². The molecule has 0 heterocycles. The summed E-state index contributed by atoms with van der Waals surface area (Å²) in [6, 6.07) is 4.66. The van der Waals surface area contributed by atoms with E-state index in [2.05, 4.69) is 6.58 Å². The van der Waals surface area contributed by atoms with Crippen molar-refractivity contribution >= 4 is 29.2 Å². The van der Waals surface area contributed by atoms with E-state index >= 15 is 0 Å². The number of ether oxygens (including phenoxy) is 2. The molecule has 1 aromatic carbocycles. The molecule has 0 unspecified atom stereocenters. The summed E-state index contributed by atoms with van der Waals surface area (Å²) in [6.45, 7) is 5.40. The molecule has 0 N–H and O–H groups in total. The Bertz CT molecular complexity index is 416. The van der Waals surface area contributed by atoms with E-state index in [1.807, 2.05) is 0 Å². The molecule has 0 atom stereocenters. The lowest BCUT2D eigenvalue weighted by molar-refractivity contribution is -0.140. The van der Waals surface area contributed by atoms with Crippen LogP contribution in [0.5, 0.6) is 5.75 Å².